The number of nitrogens with zero attached hydrogens (tertiary/aromatic N) is 8. The molecular weight excluding hydrogens is 541 g/mol. The fourth-order valence-corrected chi connectivity index (χ4v) is 7.84. The lowest BCUT2D eigenvalue weighted by atomic mass is 9.99. The highest BCUT2D eigenvalue weighted by molar-refractivity contribution is 7.89. The number of sulfonamides is 1. The van der Waals surface area contributed by atoms with Gasteiger partial charge in [0.05, 0.1) is 11.2 Å². The van der Waals surface area contributed by atoms with Gasteiger partial charge in [-0.3, -0.25) is 4.68 Å². The maximum absolute atomic E-state index is 13.4. The zero-order valence-corrected chi connectivity index (χ0v) is 22.3. The van der Waals surface area contributed by atoms with Crippen molar-refractivity contribution in [3.8, 4) is 0 Å². The van der Waals surface area contributed by atoms with Crippen molar-refractivity contribution >= 4 is 47.4 Å². The highest BCUT2D eigenvalue weighted by Crippen LogP contribution is 2.39. The maximum atomic E-state index is 13.4. The molecule has 200 valence electrons. The summed E-state index contributed by atoms with van der Waals surface area (Å²) in [7, 11) is -3.75. The summed E-state index contributed by atoms with van der Waals surface area (Å²) < 4.78 is 72.0. The van der Waals surface area contributed by atoms with Crippen molar-refractivity contribution in [2.75, 3.05) is 13.1 Å². The number of thiophene rings is 1. The summed E-state index contributed by atoms with van der Waals surface area (Å²) >= 11 is 1.09. The zero-order valence-electron chi connectivity index (χ0n) is 20.7. The summed E-state index contributed by atoms with van der Waals surface area (Å²) in [5.74, 6) is 0.222. The Kier molecular flexibility index (Phi) is 5.74. The van der Waals surface area contributed by atoms with E-state index >= 15 is 0 Å². The molecule has 0 spiro atoms. The first-order valence-electron chi connectivity index (χ1n) is 12.0. The van der Waals surface area contributed by atoms with Gasteiger partial charge in [0.2, 0.25) is 10.0 Å². The fraction of sp³-hybridized carbons (Fsp3) is 0.435. The summed E-state index contributed by atoms with van der Waals surface area (Å²) in [5.41, 5.74) is 0.915. The minimum Gasteiger partial charge on any atom is -0.271 e. The molecule has 15 heteroatoms. The SMILES string of the molecule is CCn1cc(S(=O)(=O)N2CCC[C@H](c3nc4c5sc6nc(C(F)(F)F)cc(C)c6c5ncn4n3)C2)c(C)n1. The molecule has 0 bridgehead atoms. The number of hydrogen-bond acceptors (Lipinski definition) is 8. The van der Waals surface area contributed by atoms with Crippen LogP contribution in [0, 0.1) is 13.8 Å². The highest BCUT2D eigenvalue weighted by atomic mass is 32.2. The first kappa shape index (κ1) is 25.1. The van der Waals surface area contributed by atoms with Gasteiger partial charge >= 0.3 is 6.18 Å². The molecule has 6 heterocycles. The Morgan fingerprint density at radius 1 is 1.18 bits per heavy atom. The van der Waals surface area contributed by atoms with E-state index in [1.807, 2.05) is 6.92 Å². The van der Waals surface area contributed by atoms with Crippen molar-refractivity contribution in [1.82, 2.24) is 38.7 Å². The first-order chi connectivity index (χ1) is 18.0. The van der Waals surface area contributed by atoms with Gasteiger partial charge in [-0.15, -0.1) is 16.4 Å². The molecular formula is C23H23F3N8O2S2. The molecule has 38 heavy (non-hydrogen) atoms. The molecule has 0 aromatic carbocycles. The monoisotopic (exact) mass is 564 g/mol. The number of piperidine rings is 1. The molecule has 0 N–H and O–H groups in total. The van der Waals surface area contributed by atoms with Crippen LogP contribution in [0.1, 0.15) is 48.5 Å². The van der Waals surface area contributed by atoms with Crippen LogP contribution in [0.3, 0.4) is 0 Å². The number of pyridine rings is 1. The minimum absolute atomic E-state index is 0.195. The van der Waals surface area contributed by atoms with Crippen LogP contribution in [0.5, 0.6) is 0 Å². The molecule has 0 radical (unpaired) electrons. The van der Waals surface area contributed by atoms with Crippen molar-refractivity contribution in [3.05, 3.63) is 41.4 Å². The quantitative estimate of drug-likeness (QED) is 0.320. The number of alkyl halides is 3. The van der Waals surface area contributed by atoms with Crippen LogP contribution in [0.25, 0.3) is 26.1 Å². The molecule has 1 aliphatic heterocycles. The summed E-state index contributed by atoms with van der Waals surface area (Å²) in [6.45, 7) is 6.35. The average Bonchev–Trinajstić information content (AvgIpc) is 3.57. The van der Waals surface area contributed by atoms with Crippen molar-refractivity contribution in [1.29, 1.82) is 0 Å². The number of aromatic nitrogens is 7. The molecule has 6 rings (SSSR count). The summed E-state index contributed by atoms with van der Waals surface area (Å²) in [5, 5.41) is 9.41. The van der Waals surface area contributed by atoms with Crippen molar-refractivity contribution in [2.24, 2.45) is 0 Å². The predicted octanol–water partition coefficient (Wildman–Crippen LogP) is 4.31. The fourth-order valence-electron chi connectivity index (χ4n) is 4.97. The molecule has 0 amide bonds. The van der Waals surface area contributed by atoms with E-state index in [1.54, 1.807) is 24.7 Å². The second kappa shape index (κ2) is 8.68. The van der Waals surface area contributed by atoms with Crippen LogP contribution in [0.4, 0.5) is 13.2 Å². The Morgan fingerprint density at radius 2 is 1.97 bits per heavy atom. The van der Waals surface area contributed by atoms with Crippen molar-refractivity contribution in [2.45, 2.75) is 57.1 Å². The number of halogens is 3. The Hall–Kier alpha value is -3.17. The molecule has 1 fully saturated rings. The number of fused-ring (bicyclic) bond motifs is 5. The van der Waals surface area contributed by atoms with Gasteiger partial charge in [-0.1, -0.05) is 0 Å². The standard InChI is InChI=1S/C23H23F3N8O2S2/c1-4-32-10-15(13(3)30-32)38(35,36)33-7-5-6-14(9-33)20-29-21-19-18(27-11-34(21)31-20)17-12(2)8-16(23(24,25)26)28-22(17)37-19/h8,10-11,14H,4-7,9H2,1-3H3/t14-/m0/s1. The van der Waals surface area contributed by atoms with E-state index in [2.05, 4.69) is 20.2 Å². The third kappa shape index (κ3) is 3.94. The highest BCUT2D eigenvalue weighted by Gasteiger charge is 2.36. The first-order valence-corrected chi connectivity index (χ1v) is 14.3. The van der Waals surface area contributed by atoms with E-state index in [0.717, 1.165) is 17.4 Å². The molecule has 5 aromatic heterocycles. The zero-order chi connectivity index (χ0) is 27.0. The lowest BCUT2D eigenvalue weighted by molar-refractivity contribution is -0.141. The van der Waals surface area contributed by atoms with E-state index in [9.17, 15) is 21.6 Å². The van der Waals surface area contributed by atoms with Gasteiger partial charge in [0.1, 0.15) is 26.4 Å². The summed E-state index contributed by atoms with van der Waals surface area (Å²) in [4.78, 5) is 13.4. The number of aryl methyl sites for hydroxylation is 3. The van der Waals surface area contributed by atoms with E-state index < -0.39 is 21.9 Å². The van der Waals surface area contributed by atoms with E-state index in [1.165, 1.54) is 15.1 Å². The summed E-state index contributed by atoms with van der Waals surface area (Å²) in [6.07, 6.45) is -0.172. The van der Waals surface area contributed by atoms with Gasteiger partial charge in [-0.2, -0.15) is 22.6 Å². The molecule has 0 saturated carbocycles. The molecule has 5 aromatic rings. The Bertz CT molecular complexity index is 1820. The van der Waals surface area contributed by atoms with Gasteiger partial charge in [-0.05, 0) is 45.2 Å². The van der Waals surface area contributed by atoms with Crippen LogP contribution >= 0.6 is 11.3 Å². The van der Waals surface area contributed by atoms with Gasteiger partial charge in [0.25, 0.3) is 0 Å². The predicted molar refractivity (Wildman–Crippen MR) is 135 cm³/mol. The molecule has 1 saturated heterocycles. The van der Waals surface area contributed by atoms with E-state index in [-0.39, 0.29) is 22.2 Å². The topological polar surface area (TPSA) is 111 Å². The van der Waals surface area contributed by atoms with Gasteiger partial charge in [-0.25, -0.2) is 27.9 Å². The summed E-state index contributed by atoms with van der Waals surface area (Å²) in [6, 6.07) is 1.03. The van der Waals surface area contributed by atoms with Crippen molar-refractivity contribution in [3.63, 3.8) is 0 Å². The van der Waals surface area contributed by atoms with E-state index in [0.29, 0.717) is 64.3 Å². The van der Waals surface area contributed by atoms with Gasteiger partial charge in [0.15, 0.2) is 11.5 Å². The molecule has 1 atom stereocenters. The Labute approximate surface area is 219 Å². The van der Waals surface area contributed by atoms with Crippen LogP contribution in [0.15, 0.2) is 23.5 Å². The molecule has 0 aliphatic carbocycles. The van der Waals surface area contributed by atoms with Crippen LogP contribution in [-0.4, -0.2) is 60.2 Å². The normalized spacial score (nSPS) is 17.8. The van der Waals surface area contributed by atoms with Crippen LogP contribution in [-0.2, 0) is 22.7 Å². The molecule has 1 aliphatic rings. The molecule has 0 unspecified atom stereocenters. The van der Waals surface area contributed by atoms with Crippen LogP contribution in [0.2, 0.25) is 0 Å². The van der Waals surface area contributed by atoms with Crippen molar-refractivity contribution < 1.29 is 21.6 Å². The lowest BCUT2D eigenvalue weighted by Crippen LogP contribution is -2.39. The van der Waals surface area contributed by atoms with Gasteiger partial charge in [0, 0.05) is 37.1 Å². The number of rotatable bonds is 4. The third-order valence-electron chi connectivity index (χ3n) is 6.86. The minimum atomic E-state index is -4.55. The second-order valence-electron chi connectivity index (χ2n) is 9.40. The largest absolute Gasteiger partial charge is 0.433 e. The smallest absolute Gasteiger partial charge is 0.271 e. The van der Waals surface area contributed by atoms with Gasteiger partial charge < -0.3 is 0 Å². The second-order valence-corrected chi connectivity index (χ2v) is 12.3. The van der Waals surface area contributed by atoms with Crippen LogP contribution < -0.4 is 0 Å². The Balaban J connectivity index is 1.38. The van der Waals surface area contributed by atoms with E-state index in [4.69, 9.17) is 4.98 Å². The lowest BCUT2D eigenvalue weighted by Gasteiger charge is -2.30. The third-order valence-corrected chi connectivity index (χ3v) is 9.90. The molecule has 10 nitrogen and oxygen atoms in total. The average molecular weight is 565 g/mol. The number of hydrogen-bond donors (Lipinski definition) is 0. The Morgan fingerprint density at radius 3 is 2.68 bits per heavy atom. The maximum Gasteiger partial charge on any atom is 0.433 e.